The molecule has 1 aliphatic rings. The van der Waals surface area contributed by atoms with Crippen molar-refractivity contribution < 1.29 is 14.3 Å². The molecule has 2 N–H and O–H groups in total. The van der Waals surface area contributed by atoms with Crippen LogP contribution in [0.1, 0.15) is 12.8 Å². The van der Waals surface area contributed by atoms with Crippen LogP contribution in [0.15, 0.2) is 0 Å². The zero-order valence-corrected chi connectivity index (χ0v) is 10.5. The van der Waals surface area contributed by atoms with E-state index in [2.05, 4.69) is 10.6 Å². The summed E-state index contributed by atoms with van der Waals surface area (Å²) >= 11 is 0. The van der Waals surface area contributed by atoms with Gasteiger partial charge >= 0.3 is 0 Å². The summed E-state index contributed by atoms with van der Waals surface area (Å²) in [5.74, 6) is 0.0154. The van der Waals surface area contributed by atoms with Gasteiger partial charge in [-0.05, 0) is 12.8 Å². The van der Waals surface area contributed by atoms with Gasteiger partial charge in [-0.3, -0.25) is 4.79 Å². The van der Waals surface area contributed by atoms with Gasteiger partial charge in [-0.25, -0.2) is 0 Å². The summed E-state index contributed by atoms with van der Waals surface area (Å²) in [5.41, 5.74) is 0. The molecule has 5 nitrogen and oxygen atoms in total. The molecule has 0 saturated carbocycles. The van der Waals surface area contributed by atoms with Crippen LogP contribution in [0.4, 0.5) is 0 Å². The van der Waals surface area contributed by atoms with Crippen molar-refractivity contribution in [1.82, 2.24) is 10.6 Å². The van der Waals surface area contributed by atoms with Crippen molar-refractivity contribution in [3.05, 3.63) is 0 Å². The highest BCUT2D eigenvalue weighted by Gasteiger charge is 2.15. The van der Waals surface area contributed by atoms with E-state index in [0.29, 0.717) is 26.2 Å². The third kappa shape index (κ3) is 7.00. The molecule has 1 rings (SSSR count). The first-order valence-corrected chi connectivity index (χ1v) is 5.41. The van der Waals surface area contributed by atoms with E-state index in [1.165, 1.54) is 0 Å². The molecule has 0 spiro atoms. The number of methoxy groups -OCH3 is 1. The lowest BCUT2D eigenvalue weighted by atomic mass is 10.2. The first-order chi connectivity index (χ1) is 7.33. The molecule has 1 fully saturated rings. The second-order valence-corrected chi connectivity index (χ2v) is 3.61. The fourth-order valence-corrected chi connectivity index (χ4v) is 1.47. The molecule has 1 aliphatic heterocycles. The van der Waals surface area contributed by atoms with Crippen LogP contribution in [0.25, 0.3) is 0 Å². The number of hydrogen-bond donors (Lipinski definition) is 2. The van der Waals surface area contributed by atoms with Crippen molar-refractivity contribution >= 4 is 18.3 Å². The molecule has 96 valence electrons. The second kappa shape index (κ2) is 9.84. The molecular weight excluding hydrogens is 232 g/mol. The molecule has 1 saturated heterocycles. The Kier molecular flexibility index (Phi) is 9.62. The van der Waals surface area contributed by atoms with Crippen LogP contribution in [-0.2, 0) is 14.3 Å². The van der Waals surface area contributed by atoms with Crippen LogP contribution in [0.3, 0.4) is 0 Å². The summed E-state index contributed by atoms with van der Waals surface area (Å²) in [4.78, 5) is 11.3. The molecule has 0 aromatic carbocycles. The maximum Gasteiger partial charge on any atom is 0.234 e. The van der Waals surface area contributed by atoms with Crippen LogP contribution in [0, 0.1) is 0 Å². The first kappa shape index (κ1) is 15.6. The molecule has 0 bridgehead atoms. The first-order valence-electron chi connectivity index (χ1n) is 5.41. The maximum absolute atomic E-state index is 11.3. The lowest BCUT2D eigenvalue weighted by Gasteiger charge is -2.10. The van der Waals surface area contributed by atoms with Gasteiger partial charge in [0.15, 0.2) is 0 Å². The summed E-state index contributed by atoms with van der Waals surface area (Å²) < 4.78 is 10.2. The molecule has 1 amide bonds. The van der Waals surface area contributed by atoms with Gasteiger partial charge < -0.3 is 20.1 Å². The average molecular weight is 253 g/mol. The fourth-order valence-electron chi connectivity index (χ4n) is 1.47. The molecule has 0 aliphatic carbocycles. The molecule has 0 aromatic heterocycles. The van der Waals surface area contributed by atoms with Gasteiger partial charge in [-0.1, -0.05) is 0 Å². The van der Waals surface area contributed by atoms with E-state index in [0.717, 1.165) is 19.4 Å². The van der Waals surface area contributed by atoms with Gasteiger partial charge in [0.1, 0.15) is 0 Å². The number of carbonyl (C=O) groups excluding carboxylic acids is 1. The van der Waals surface area contributed by atoms with Gasteiger partial charge in [-0.2, -0.15) is 0 Å². The van der Waals surface area contributed by atoms with E-state index in [1.807, 2.05) is 0 Å². The maximum atomic E-state index is 11.3. The predicted molar refractivity (Wildman–Crippen MR) is 64.0 cm³/mol. The van der Waals surface area contributed by atoms with Crippen molar-refractivity contribution in [2.45, 2.75) is 18.9 Å². The average Bonchev–Trinajstić information content (AvgIpc) is 2.74. The van der Waals surface area contributed by atoms with Crippen LogP contribution in [-0.4, -0.2) is 52.0 Å². The number of nitrogens with one attached hydrogen (secondary N) is 2. The minimum Gasteiger partial charge on any atom is -0.383 e. The summed E-state index contributed by atoms with van der Waals surface area (Å²) in [6.45, 7) is 3.12. The zero-order valence-electron chi connectivity index (χ0n) is 9.66. The Bertz CT molecular complexity index is 187. The lowest BCUT2D eigenvalue weighted by Crippen LogP contribution is -2.38. The van der Waals surface area contributed by atoms with E-state index >= 15 is 0 Å². The zero-order chi connectivity index (χ0) is 10.9. The Morgan fingerprint density at radius 1 is 1.56 bits per heavy atom. The summed E-state index contributed by atoms with van der Waals surface area (Å²) in [7, 11) is 1.64. The van der Waals surface area contributed by atoms with Crippen molar-refractivity contribution in [2.75, 3.05) is 40.0 Å². The molecule has 6 heteroatoms. The SMILES string of the molecule is COCCNCC(=O)NCC1CCCO1.Cl. The number of carbonyl (C=O) groups is 1. The van der Waals surface area contributed by atoms with Crippen molar-refractivity contribution in [3.63, 3.8) is 0 Å². The Hall–Kier alpha value is -0.360. The Morgan fingerprint density at radius 2 is 2.38 bits per heavy atom. The largest absolute Gasteiger partial charge is 0.383 e. The van der Waals surface area contributed by atoms with Gasteiger partial charge in [0, 0.05) is 26.8 Å². The molecule has 1 heterocycles. The van der Waals surface area contributed by atoms with Crippen LogP contribution >= 0.6 is 12.4 Å². The van der Waals surface area contributed by atoms with E-state index < -0.39 is 0 Å². The molecule has 0 radical (unpaired) electrons. The highest BCUT2D eigenvalue weighted by molar-refractivity contribution is 5.85. The monoisotopic (exact) mass is 252 g/mol. The highest BCUT2D eigenvalue weighted by atomic mass is 35.5. The minimum absolute atomic E-state index is 0. The van der Waals surface area contributed by atoms with E-state index in [1.54, 1.807) is 7.11 Å². The summed E-state index contributed by atoms with van der Waals surface area (Å²) in [6, 6.07) is 0. The number of ether oxygens (including phenoxy) is 2. The highest BCUT2D eigenvalue weighted by Crippen LogP contribution is 2.10. The number of rotatable bonds is 7. The van der Waals surface area contributed by atoms with E-state index in [9.17, 15) is 4.79 Å². The van der Waals surface area contributed by atoms with Crippen LogP contribution in [0.2, 0.25) is 0 Å². The van der Waals surface area contributed by atoms with Crippen LogP contribution < -0.4 is 10.6 Å². The Labute approximate surface area is 103 Å². The number of amides is 1. The standard InChI is InChI=1S/C10H20N2O3.ClH/c1-14-6-4-11-8-10(13)12-7-9-3-2-5-15-9;/h9,11H,2-8H2,1H3,(H,12,13);1H. The molecular formula is C10H21ClN2O3. The van der Waals surface area contributed by atoms with Gasteiger partial charge in [0.2, 0.25) is 5.91 Å². The topological polar surface area (TPSA) is 59.6 Å². The Morgan fingerprint density at radius 3 is 3.00 bits per heavy atom. The molecule has 0 aromatic rings. The molecule has 1 unspecified atom stereocenters. The van der Waals surface area contributed by atoms with Crippen molar-refractivity contribution in [1.29, 1.82) is 0 Å². The number of halogens is 1. The number of hydrogen-bond acceptors (Lipinski definition) is 4. The van der Waals surface area contributed by atoms with Gasteiger partial charge in [0.05, 0.1) is 19.3 Å². The predicted octanol–water partition coefficient (Wildman–Crippen LogP) is -0.0606. The van der Waals surface area contributed by atoms with Crippen molar-refractivity contribution in [3.8, 4) is 0 Å². The summed E-state index contributed by atoms with van der Waals surface area (Å²) in [6.07, 6.45) is 2.37. The third-order valence-corrected chi connectivity index (χ3v) is 2.32. The third-order valence-electron chi connectivity index (χ3n) is 2.32. The minimum atomic E-state index is 0. The second-order valence-electron chi connectivity index (χ2n) is 3.61. The molecule has 16 heavy (non-hydrogen) atoms. The van der Waals surface area contributed by atoms with E-state index in [-0.39, 0.29) is 24.4 Å². The van der Waals surface area contributed by atoms with Gasteiger partial charge in [0.25, 0.3) is 0 Å². The fraction of sp³-hybridized carbons (Fsp3) is 0.900. The van der Waals surface area contributed by atoms with E-state index in [4.69, 9.17) is 9.47 Å². The lowest BCUT2D eigenvalue weighted by molar-refractivity contribution is -0.120. The van der Waals surface area contributed by atoms with Crippen LogP contribution in [0.5, 0.6) is 0 Å². The smallest absolute Gasteiger partial charge is 0.234 e. The van der Waals surface area contributed by atoms with Gasteiger partial charge in [-0.15, -0.1) is 12.4 Å². The normalized spacial score (nSPS) is 19.2. The molecule has 1 atom stereocenters. The quantitative estimate of drug-likeness (QED) is 0.624. The van der Waals surface area contributed by atoms with Crippen molar-refractivity contribution in [2.24, 2.45) is 0 Å². The summed E-state index contributed by atoms with van der Waals surface area (Å²) in [5, 5.41) is 5.82. The Balaban J connectivity index is 0.00000225.